The van der Waals surface area contributed by atoms with Crippen LogP contribution in [0.3, 0.4) is 0 Å². The van der Waals surface area contributed by atoms with Crippen molar-refractivity contribution in [3.63, 3.8) is 0 Å². The molecule has 0 fully saturated rings. The number of benzene rings is 1. The summed E-state index contributed by atoms with van der Waals surface area (Å²) in [4.78, 5) is 11.3. The second-order valence-electron chi connectivity index (χ2n) is 7.51. The van der Waals surface area contributed by atoms with Crippen LogP contribution in [0.2, 0.25) is 18.1 Å². The molecule has 1 aromatic carbocycles. The van der Waals surface area contributed by atoms with Gasteiger partial charge in [-0.05, 0) is 43.1 Å². The van der Waals surface area contributed by atoms with E-state index in [1.165, 1.54) is 6.92 Å². The van der Waals surface area contributed by atoms with E-state index >= 15 is 0 Å². The number of carbonyl (C=O) groups is 1. The number of hydrogen-bond acceptors (Lipinski definition) is 3. The fourth-order valence-corrected chi connectivity index (χ4v) is 2.88. The summed E-state index contributed by atoms with van der Waals surface area (Å²) in [5.41, 5.74) is 2.98. The summed E-state index contributed by atoms with van der Waals surface area (Å²) >= 11 is 0. The normalized spacial score (nSPS) is 12.7. The number of rotatable bonds is 5. The minimum Gasteiger partial charge on any atom is -0.426 e. The third-order valence-electron chi connectivity index (χ3n) is 4.49. The highest BCUT2D eigenvalue weighted by molar-refractivity contribution is 6.74. The van der Waals surface area contributed by atoms with Crippen molar-refractivity contribution >= 4 is 20.4 Å². The average molecular weight is 335 g/mol. The van der Waals surface area contributed by atoms with Gasteiger partial charge in [-0.1, -0.05) is 45.1 Å². The van der Waals surface area contributed by atoms with Crippen LogP contribution in [0.4, 0.5) is 0 Å². The third-order valence-corrected chi connectivity index (χ3v) is 8.99. The molecule has 0 unspecified atom stereocenters. The van der Waals surface area contributed by atoms with Gasteiger partial charge in [0.25, 0.3) is 0 Å². The molecule has 0 saturated heterocycles. The van der Waals surface area contributed by atoms with Crippen LogP contribution in [-0.4, -0.2) is 20.9 Å². The number of hydrogen-bond donors (Lipinski definition) is 0. The summed E-state index contributed by atoms with van der Waals surface area (Å²) in [6.45, 7) is 17.1. The standard InChI is InChI=1S/C19H30O3Si/c1-14-11-12-15(2)18(22-16(3)20)17(14)10-9-13-21-23(7,8)19(4,5)6/h9-12H,13H2,1-8H3/b10-9-. The molecule has 0 aromatic heterocycles. The van der Waals surface area contributed by atoms with Gasteiger partial charge in [0.15, 0.2) is 8.32 Å². The molecule has 0 N–H and O–H groups in total. The van der Waals surface area contributed by atoms with E-state index in [1.54, 1.807) is 0 Å². The fraction of sp³-hybridized carbons (Fsp3) is 0.526. The molecule has 0 aliphatic heterocycles. The number of ether oxygens (including phenoxy) is 1. The van der Waals surface area contributed by atoms with Crippen LogP contribution in [0.15, 0.2) is 18.2 Å². The quantitative estimate of drug-likeness (QED) is 0.418. The van der Waals surface area contributed by atoms with Crippen LogP contribution < -0.4 is 4.74 Å². The lowest BCUT2D eigenvalue weighted by Crippen LogP contribution is -2.40. The van der Waals surface area contributed by atoms with E-state index in [9.17, 15) is 4.79 Å². The molecular weight excluding hydrogens is 304 g/mol. The highest BCUT2D eigenvalue weighted by Crippen LogP contribution is 2.36. The van der Waals surface area contributed by atoms with Crippen LogP contribution in [0.5, 0.6) is 5.75 Å². The van der Waals surface area contributed by atoms with Crippen LogP contribution >= 0.6 is 0 Å². The largest absolute Gasteiger partial charge is 0.426 e. The summed E-state index contributed by atoms with van der Waals surface area (Å²) in [6, 6.07) is 4.01. The molecular formula is C19H30O3Si. The Morgan fingerprint density at radius 2 is 1.74 bits per heavy atom. The molecule has 1 aromatic rings. The second kappa shape index (κ2) is 7.45. The van der Waals surface area contributed by atoms with E-state index in [0.29, 0.717) is 12.4 Å². The molecule has 0 aliphatic rings. The molecule has 1 rings (SSSR count). The molecule has 3 nitrogen and oxygen atoms in total. The van der Waals surface area contributed by atoms with E-state index in [2.05, 4.69) is 33.9 Å². The van der Waals surface area contributed by atoms with Gasteiger partial charge in [0, 0.05) is 12.5 Å². The molecule has 23 heavy (non-hydrogen) atoms. The Hall–Kier alpha value is -1.39. The van der Waals surface area contributed by atoms with Crippen LogP contribution in [0, 0.1) is 13.8 Å². The topological polar surface area (TPSA) is 35.5 Å². The van der Waals surface area contributed by atoms with Crippen molar-refractivity contribution in [2.75, 3.05) is 6.61 Å². The number of esters is 1. The zero-order valence-corrected chi connectivity index (χ0v) is 16.7. The molecule has 0 amide bonds. The van der Waals surface area contributed by atoms with E-state index < -0.39 is 8.32 Å². The highest BCUT2D eigenvalue weighted by Gasteiger charge is 2.36. The van der Waals surface area contributed by atoms with Crippen molar-refractivity contribution in [3.05, 3.63) is 34.9 Å². The van der Waals surface area contributed by atoms with Gasteiger partial charge >= 0.3 is 5.97 Å². The average Bonchev–Trinajstić information content (AvgIpc) is 2.39. The van der Waals surface area contributed by atoms with Gasteiger partial charge in [-0.2, -0.15) is 0 Å². The summed E-state index contributed by atoms with van der Waals surface area (Å²) in [5.74, 6) is 0.340. The van der Waals surface area contributed by atoms with Crippen molar-refractivity contribution in [2.45, 2.75) is 59.7 Å². The van der Waals surface area contributed by atoms with Crippen molar-refractivity contribution in [2.24, 2.45) is 0 Å². The van der Waals surface area contributed by atoms with Crippen LogP contribution in [0.25, 0.3) is 6.08 Å². The van der Waals surface area contributed by atoms with E-state index in [4.69, 9.17) is 9.16 Å². The first kappa shape index (κ1) is 19.7. The molecule has 0 saturated carbocycles. The minimum atomic E-state index is -1.74. The molecule has 0 heterocycles. The van der Waals surface area contributed by atoms with E-state index in [0.717, 1.165) is 16.7 Å². The SMILES string of the molecule is CC(=O)Oc1c(C)ccc(C)c1/C=C\CO[Si](C)(C)C(C)(C)C. The van der Waals surface area contributed by atoms with Gasteiger partial charge in [0.1, 0.15) is 5.75 Å². The van der Waals surface area contributed by atoms with Crippen molar-refractivity contribution in [3.8, 4) is 5.75 Å². The van der Waals surface area contributed by atoms with Crippen LogP contribution in [0.1, 0.15) is 44.4 Å². The summed E-state index contributed by atoms with van der Waals surface area (Å²) < 4.78 is 11.5. The lowest BCUT2D eigenvalue weighted by Gasteiger charge is -2.35. The van der Waals surface area contributed by atoms with Gasteiger partial charge in [0.05, 0.1) is 6.61 Å². The van der Waals surface area contributed by atoms with Crippen molar-refractivity contribution < 1.29 is 14.0 Å². The molecule has 0 bridgehead atoms. The predicted octanol–water partition coefficient (Wildman–Crippen LogP) is 5.26. The lowest BCUT2D eigenvalue weighted by molar-refractivity contribution is -0.131. The Kier molecular flexibility index (Phi) is 6.37. The Balaban J connectivity index is 2.93. The van der Waals surface area contributed by atoms with Gasteiger partial charge in [-0.15, -0.1) is 0 Å². The summed E-state index contributed by atoms with van der Waals surface area (Å²) in [6.07, 6.45) is 4.00. The third kappa shape index (κ3) is 5.32. The molecule has 0 radical (unpaired) electrons. The Labute approximate surface area is 141 Å². The zero-order chi connectivity index (χ0) is 17.8. The maximum absolute atomic E-state index is 11.3. The second-order valence-corrected chi connectivity index (χ2v) is 12.3. The summed E-state index contributed by atoms with van der Waals surface area (Å²) in [7, 11) is -1.74. The number of aryl methyl sites for hydroxylation is 2. The van der Waals surface area contributed by atoms with E-state index in [1.807, 2.05) is 38.1 Å². The fourth-order valence-electron chi connectivity index (χ4n) is 1.93. The van der Waals surface area contributed by atoms with Gasteiger partial charge in [-0.3, -0.25) is 4.79 Å². The maximum atomic E-state index is 11.3. The lowest BCUT2D eigenvalue weighted by atomic mass is 10.0. The molecule has 0 atom stereocenters. The van der Waals surface area contributed by atoms with Gasteiger partial charge in [0.2, 0.25) is 0 Å². The smallest absolute Gasteiger partial charge is 0.308 e. The first-order valence-electron chi connectivity index (χ1n) is 8.05. The maximum Gasteiger partial charge on any atom is 0.308 e. The van der Waals surface area contributed by atoms with Gasteiger partial charge < -0.3 is 9.16 Å². The summed E-state index contributed by atoms with van der Waals surface area (Å²) in [5, 5.41) is 0.197. The molecule has 0 aliphatic carbocycles. The number of carbonyl (C=O) groups excluding carboxylic acids is 1. The highest BCUT2D eigenvalue weighted by atomic mass is 28.4. The Morgan fingerprint density at radius 1 is 1.17 bits per heavy atom. The van der Waals surface area contributed by atoms with Crippen LogP contribution in [-0.2, 0) is 9.22 Å². The van der Waals surface area contributed by atoms with E-state index in [-0.39, 0.29) is 11.0 Å². The van der Waals surface area contributed by atoms with Crippen molar-refractivity contribution in [1.82, 2.24) is 0 Å². The zero-order valence-electron chi connectivity index (χ0n) is 15.7. The molecule has 4 heteroatoms. The Bertz CT molecular complexity index is 595. The first-order valence-corrected chi connectivity index (χ1v) is 11.0. The monoisotopic (exact) mass is 334 g/mol. The molecule has 0 spiro atoms. The predicted molar refractivity (Wildman–Crippen MR) is 99.4 cm³/mol. The first-order chi connectivity index (χ1) is 10.5. The van der Waals surface area contributed by atoms with Gasteiger partial charge in [-0.25, -0.2) is 0 Å². The van der Waals surface area contributed by atoms with Crippen molar-refractivity contribution in [1.29, 1.82) is 0 Å². The molecule has 128 valence electrons. The Morgan fingerprint density at radius 3 is 2.26 bits per heavy atom. The minimum absolute atomic E-state index is 0.197.